The van der Waals surface area contributed by atoms with Crippen LogP contribution in [0.5, 0.6) is 0 Å². The predicted octanol–water partition coefficient (Wildman–Crippen LogP) is 3.27. The summed E-state index contributed by atoms with van der Waals surface area (Å²) in [5.74, 6) is 1.43. The number of carbonyl (C=O) groups excluding carboxylic acids is 1. The van der Waals surface area contributed by atoms with E-state index in [4.69, 9.17) is 4.74 Å². The van der Waals surface area contributed by atoms with Crippen LogP contribution in [0.4, 0.5) is 4.79 Å². The standard InChI is InChI=1S/C16H32N2O2/c1-13(11-14-7-6-8-14)12-18(10-9-17-5)15(19)20-16(2,3)4/h13-14,17H,6-12H2,1-5H3. The fourth-order valence-electron chi connectivity index (χ4n) is 2.58. The van der Waals surface area contributed by atoms with Gasteiger partial charge in [-0.1, -0.05) is 26.2 Å². The van der Waals surface area contributed by atoms with Crippen molar-refractivity contribution in [2.45, 2.75) is 59.0 Å². The van der Waals surface area contributed by atoms with Crippen LogP contribution in [0.15, 0.2) is 0 Å². The number of likely N-dealkylation sites (N-methyl/N-ethyl adjacent to an activating group) is 1. The van der Waals surface area contributed by atoms with Crippen LogP contribution in [0.3, 0.4) is 0 Å². The molecule has 1 unspecified atom stereocenters. The zero-order valence-electron chi connectivity index (χ0n) is 13.9. The minimum atomic E-state index is -0.424. The Morgan fingerprint density at radius 2 is 2.05 bits per heavy atom. The molecule has 0 saturated heterocycles. The zero-order chi connectivity index (χ0) is 15.2. The smallest absolute Gasteiger partial charge is 0.410 e. The summed E-state index contributed by atoms with van der Waals surface area (Å²) in [6, 6.07) is 0. The molecule has 1 aliphatic carbocycles. The van der Waals surface area contributed by atoms with Crippen molar-refractivity contribution in [2.75, 3.05) is 26.7 Å². The van der Waals surface area contributed by atoms with Crippen LogP contribution in [0.2, 0.25) is 0 Å². The summed E-state index contributed by atoms with van der Waals surface area (Å²) < 4.78 is 5.50. The molecule has 1 fully saturated rings. The quantitative estimate of drug-likeness (QED) is 0.780. The van der Waals surface area contributed by atoms with E-state index in [0.29, 0.717) is 12.5 Å². The Hall–Kier alpha value is -0.770. The van der Waals surface area contributed by atoms with Crippen LogP contribution in [0.1, 0.15) is 53.4 Å². The number of hydrogen-bond donors (Lipinski definition) is 1. The molecule has 0 radical (unpaired) electrons. The third-order valence-electron chi connectivity index (χ3n) is 3.78. The Kier molecular flexibility index (Phi) is 6.80. The second-order valence-corrected chi connectivity index (χ2v) is 7.17. The molecule has 0 bridgehead atoms. The summed E-state index contributed by atoms with van der Waals surface area (Å²) in [7, 11) is 1.91. The van der Waals surface area contributed by atoms with Gasteiger partial charge in [-0.25, -0.2) is 4.79 Å². The third-order valence-corrected chi connectivity index (χ3v) is 3.78. The van der Waals surface area contributed by atoms with Crippen LogP contribution >= 0.6 is 0 Å². The molecular weight excluding hydrogens is 252 g/mol. The molecule has 4 heteroatoms. The summed E-state index contributed by atoms with van der Waals surface area (Å²) in [6.45, 7) is 10.3. The van der Waals surface area contributed by atoms with Crippen molar-refractivity contribution < 1.29 is 9.53 Å². The SMILES string of the molecule is CNCCN(CC(C)CC1CCC1)C(=O)OC(C)(C)C. The second kappa shape index (κ2) is 7.87. The van der Waals surface area contributed by atoms with Crippen molar-refractivity contribution in [1.82, 2.24) is 10.2 Å². The van der Waals surface area contributed by atoms with Crippen molar-refractivity contribution in [3.05, 3.63) is 0 Å². The van der Waals surface area contributed by atoms with Gasteiger partial charge in [0.15, 0.2) is 0 Å². The van der Waals surface area contributed by atoms with Crippen molar-refractivity contribution in [2.24, 2.45) is 11.8 Å². The highest BCUT2D eigenvalue weighted by atomic mass is 16.6. The van der Waals surface area contributed by atoms with Crippen LogP contribution in [-0.2, 0) is 4.74 Å². The molecule has 1 rings (SSSR count). The highest BCUT2D eigenvalue weighted by Crippen LogP contribution is 2.32. The number of rotatable bonds is 7. The van der Waals surface area contributed by atoms with Crippen LogP contribution in [0, 0.1) is 11.8 Å². The molecule has 0 aromatic heterocycles. The monoisotopic (exact) mass is 284 g/mol. The second-order valence-electron chi connectivity index (χ2n) is 7.17. The normalized spacial score (nSPS) is 17.4. The van der Waals surface area contributed by atoms with E-state index in [1.807, 2.05) is 32.7 Å². The maximum absolute atomic E-state index is 12.2. The number of nitrogens with one attached hydrogen (secondary N) is 1. The van der Waals surface area contributed by atoms with E-state index < -0.39 is 5.60 Å². The molecule has 1 amide bonds. The lowest BCUT2D eigenvalue weighted by atomic mass is 9.79. The lowest BCUT2D eigenvalue weighted by molar-refractivity contribution is 0.0216. The first kappa shape index (κ1) is 17.3. The van der Waals surface area contributed by atoms with Gasteiger partial charge in [0.25, 0.3) is 0 Å². The van der Waals surface area contributed by atoms with E-state index in [2.05, 4.69) is 12.2 Å². The fraction of sp³-hybridized carbons (Fsp3) is 0.938. The fourth-order valence-corrected chi connectivity index (χ4v) is 2.58. The summed E-state index contributed by atoms with van der Waals surface area (Å²) in [5, 5.41) is 3.10. The molecule has 0 aliphatic heterocycles. The summed E-state index contributed by atoms with van der Waals surface area (Å²) in [6.07, 6.45) is 5.17. The van der Waals surface area contributed by atoms with Gasteiger partial charge in [0, 0.05) is 19.6 Å². The molecular formula is C16H32N2O2. The molecule has 0 spiro atoms. The number of nitrogens with zero attached hydrogens (tertiary/aromatic N) is 1. The van der Waals surface area contributed by atoms with Crippen LogP contribution in [0.25, 0.3) is 0 Å². The van der Waals surface area contributed by atoms with E-state index in [1.54, 1.807) is 0 Å². The van der Waals surface area contributed by atoms with Crippen LogP contribution < -0.4 is 5.32 Å². The lowest BCUT2D eigenvalue weighted by Crippen LogP contribution is -2.42. The first-order valence-corrected chi connectivity index (χ1v) is 7.94. The molecule has 1 aliphatic rings. The molecule has 1 saturated carbocycles. The topological polar surface area (TPSA) is 41.6 Å². The van der Waals surface area contributed by atoms with E-state index in [9.17, 15) is 4.79 Å². The minimum absolute atomic E-state index is 0.187. The Balaban J connectivity index is 2.46. The molecule has 1 N–H and O–H groups in total. The summed E-state index contributed by atoms with van der Waals surface area (Å²) >= 11 is 0. The van der Waals surface area contributed by atoms with E-state index in [-0.39, 0.29) is 6.09 Å². The maximum atomic E-state index is 12.2. The van der Waals surface area contributed by atoms with Gasteiger partial charge in [-0.2, -0.15) is 0 Å². The first-order valence-electron chi connectivity index (χ1n) is 7.94. The lowest BCUT2D eigenvalue weighted by Gasteiger charge is -2.32. The van der Waals surface area contributed by atoms with Gasteiger partial charge < -0.3 is 15.0 Å². The average molecular weight is 284 g/mol. The molecule has 4 nitrogen and oxygen atoms in total. The Morgan fingerprint density at radius 1 is 1.40 bits per heavy atom. The molecule has 0 heterocycles. The van der Waals surface area contributed by atoms with Gasteiger partial charge in [0.05, 0.1) is 0 Å². The maximum Gasteiger partial charge on any atom is 0.410 e. The molecule has 20 heavy (non-hydrogen) atoms. The zero-order valence-corrected chi connectivity index (χ0v) is 13.9. The van der Waals surface area contributed by atoms with Gasteiger partial charge in [0.1, 0.15) is 5.60 Å². The van der Waals surface area contributed by atoms with Gasteiger partial charge >= 0.3 is 6.09 Å². The van der Waals surface area contributed by atoms with E-state index in [1.165, 1.54) is 25.7 Å². The van der Waals surface area contributed by atoms with Crippen molar-refractivity contribution in [3.63, 3.8) is 0 Å². The predicted molar refractivity (Wildman–Crippen MR) is 82.9 cm³/mol. The number of carbonyl (C=O) groups is 1. The van der Waals surface area contributed by atoms with Gasteiger partial charge in [0.2, 0.25) is 0 Å². The third kappa shape index (κ3) is 6.60. The average Bonchev–Trinajstić information content (AvgIpc) is 2.27. The number of ether oxygens (including phenoxy) is 1. The molecule has 0 aromatic rings. The molecule has 118 valence electrons. The van der Waals surface area contributed by atoms with E-state index >= 15 is 0 Å². The molecule has 0 aromatic carbocycles. The van der Waals surface area contributed by atoms with Gasteiger partial charge in [-0.05, 0) is 46.1 Å². The molecule has 1 atom stereocenters. The Morgan fingerprint density at radius 3 is 2.50 bits per heavy atom. The van der Waals surface area contributed by atoms with Crippen molar-refractivity contribution >= 4 is 6.09 Å². The number of amides is 1. The Bertz CT molecular complexity index is 295. The Labute approximate surface area is 124 Å². The largest absolute Gasteiger partial charge is 0.444 e. The van der Waals surface area contributed by atoms with Gasteiger partial charge in [-0.3, -0.25) is 0 Å². The highest BCUT2D eigenvalue weighted by molar-refractivity contribution is 5.68. The first-order chi connectivity index (χ1) is 9.31. The van der Waals surface area contributed by atoms with Gasteiger partial charge in [-0.15, -0.1) is 0 Å². The van der Waals surface area contributed by atoms with Crippen molar-refractivity contribution in [3.8, 4) is 0 Å². The number of hydrogen-bond acceptors (Lipinski definition) is 3. The highest BCUT2D eigenvalue weighted by Gasteiger charge is 2.25. The van der Waals surface area contributed by atoms with Crippen LogP contribution in [-0.4, -0.2) is 43.3 Å². The summed E-state index contributed by atoms with van der Waals surface area (Å²) in [5.41, 5.74) is -0.424. The minimum Gasteiger partial charge on any atom is -0.444 e. The van der Waals surface area contributed by atoms with E-state index in [0.717, 1.165) is 19.0 Å². The van der Waals surface area contributed by atoms with Crippen molar-refractivity contribution in [1.29, 1.82) is 0 Å². The summed E-state index contributed by atoms with van der Waals surface area (Å²) in [4.78, 5) is 14.1.